The zero-order valence-electron chi connectivity index (χ0n) is 15.7. The van der Waals surface area contributed by atoms with Gasteiger partial charge in [0.15, 0.2) is 7.14 Å². The van der Waals surface area contributed by atoms with Crippen molar-refractivity contribution in [3.63, 3.8) is 0 Å². The van der Waals surface area contributed by atoms with Gasteiger partial charge >= 0.3 is 0 Å². The van der Waals surface area contributed by atoms with E-state index in [0.717, 1.165) is 0 Å². The van der Waals surface area contributed by atoms with E-state index in [4.69, 9.17) is 4.74 Å². The summed E-state index contributed by atoms with van der Waals surface area (Å²) < 4.78 is 33.6. The molecule has 3 aromatic carbocycles. The molecule has 0 heterocycles. The maximum atomic E-state index is 14.3. The first-order chi connectivity index (χ1) is 13.5. The Balaban J connectivity index is 2.01. The quantitative estimate of drug-likeness (QED) is 0.593. The van der Waals surface area contributed by atoms with Gasteiger partial charge in [0.2, 0.25) is 0 Å². The monoisotopic (exact) mass is 397 g/mol. The van der Waals surface area contributed by atoms with Gasteiger partial charge in [-0.1, -0.05) is 66.7 Å². The number of rotatable bonds is 6. The fraction of sp³-hybridized carbons (Fsp3) is 0.136. The molecule has 0 aromatic heterocycles. The lowest BCUT2D eigenvalue weighted by Crippen LogP contribution is -2.33. The van der Waals surface area contributed by atoms with Gasteiger partial charge in [-0.2, -0.15) is 0 Å². The second kappa shape index (κ2) is 8.41. The summed E-state index contributed by atoms with van der Waals surface area (Å²) in [4.78, 5) is 14.3. The molecule has 0 spiro atoms. The van der Waals surface area contributed by atoms with Crippen LogP contribution in [0.4, 0.5) is 4.39 Å². The molecule has 0 unspecified atom stereocenters. The third-order valence-corrected chi connectivity index (χ3v) is 7.60. The van der Waals surface area contributed by atoms with Crippen molar-refractivity contribution in [2.75, 3.05) is 20.4 Å². The molecule has 0 radical (unpaired) electrons. The highest BCUT2D eigenvalue weighted by Gasteiger charge is 2.32. The lowest BCUT2D eigenvalue weighted by Gasteiger charge is -2.26. The van der Waals surface area contributed by atoms with Crippen LogP contribution in [0.5, 0.6) is 5.75 Å². The minimum absolute atomic E-state index is 0.0582. The Labute approximate surface area is 163 Å². The number of hydrogen-bond donors (Lipinski definition) is 0. The first-order valence-corrected chi connectivity index (χ1v) is 10.6. The van der Waals surface area contributed by atoms with E-state index in [0.29, 0.717) is 10.6 Å². The summed E-state index contributed by atoms with van der Waals surface area (Å²) in [6.45, 7) is 0. The number of methoxy groups -OCH3 is 1. The Morgan fingerprint density at radius 2 is 1.46 bits per heavy atom. The Morgan fingerprint density at radius 1 is 0.929 bits per heavy atom. The number of benzene rings is 3. The molecule has 144 valence electrons. The summed E-state index contributed by atoms with van der Waals surface area (Å²) >= 11 is 0. The minimum atomic E-state index is -3.15. The molecule has 3 rings (SSSR count). The Bertz CT molecular complexity index is 965. The van der Waals surface area contributed by atoms with Crippen molar-refractivity contribution in [2.24, 2.45) is 0 Å². The Kier molecular flexibility index (Phi) is 5.96. The topological polar surface area (TPSA) is 46.6 Å². The van der Waals surface area contributed by atoms with Crippen molar-refractivity contribution < 1.29 is 18.5 Å². The second-order valence-corrected chi connectivity index (χ2v) is 9.17. The van der Waals surface area contributed by atoms with Crippen LogP contribution in [0.3, 0.4) is 0 Å². The zero-order valence-corrected chi connectivity index (χ0v) is 16.6. The standard InChI is InChI=1S/C22H21FNO3P/c1-24(22(25)21-19(23)14-9-15-20(21)27-2)16-28(26,17-10-5-3-6-11-17)18-12-7-4-8-13-18/h3-15H,16H2,1-2H3. The van der Waals surface area contributed by atoms with Crippen molar-refractivity contribution >= 4 is 23.7 Å². The molecule has 1 amide bonds. The van der Waals surface area contributed by atoms with Crippen molar-refractivity contribution in [3.8, 4) is 5.75 Å². The van der Waals surface area contributed by atoms with Crippen LogP contribution in [0.25, 0.3) is 0 Å². The van der Waals surface area contributed by atoms with E-state index in [9.17, 15) is 13.8 Å². The van der Waals surface area contributed by atoms with E-state index in [1.807, 2.05) is 36.4 Å². The first-order valence-electron chi connectivity index (χ1n) is 8.75. The predicted molar refractivity (Wildman–Crippen MR) is 110 cm³/mol. The maximum Gasteiger partial charge on any atom is 0.260 e. The van der Waals surface area contributed by atoms with Crippen LogP contribution in [0, 0.1) is 5.82 Å². The highest BCUT2D eigenvalue weighted by Crippen LogP contribution is 2.44. The van der Waals surface area contributed by atoms with Crippen LogP contribution >= 0.6 is 7.14 Å². The number of nitrogens with zero attached hydrogens (tertiary/aromatic N) is 1. The summed E-state index contributed by atoms with van der Waals surface area (Å²) in [5, 5.41) is 1.28. The third-order valence-electron chi connectivity index (χ3n) is 4.51. The van der Waals surface area contributed by atoms with Crippen LogP contribution < -0.4 is 15.3 Å². The molecule has 28 heavy (non-hydrogen) atoms. The lowest BCUT2D eigenvalue weighted by atomic mass is 10.1. The smallest absolute Gasteiger partial charge is 0.260 e. The zero-order chi connectivity index (χ0) is 20.1. The van der Waals surface area contributed by atoms with Crippen molar-refractivity contribution in [2.45, 2.75) is 0 Å². The van der Waals surface area contributed by atoms with Gasteiger partial charge in [-0.3, -0.25) is 4.79 Å². The summed E-state index contributed by atoms with van der Waals surface area (Å²) in [6.07, 6.45) is -0.0582. The highest BCUT2D eigenvalue weighted by atomic mass is 31.2. The normalized spacial score (nSPS) is 11.1. The molecule has 0 atom stereocenters. The SMILES string of the molecule is COc1cccc(F)c1C(=O)N(C)CP(=O)(c1ccccc1)c1ccccc1. The van der Waals surface area contributed by atoms with Crippen molar-refractivity contribution in [1.82, 2.24) is 4.90 Å². The molecule has 0 saturated heterocycles. The molecule has 0 aliphatic carbocycles. The van der Waals surface area contributed by atoms with Crippen LogP contribution in [0.15, 0.2) is 78.9 Å². The Hall–Kier alpha value is -2.91. The predicted octanol–water partition coefficient (Wildman–Crippen LogP) is 3.88. The molecule has 6 heteroatoms. The lowest BCUT2D eigenvalue weighted by molar-refractivity contribution is 0.0809. The fourth-order valence-corrected chi connectivity index (χ4v) is 5.74. The molecule has 0 N–H and O–H groups in total. The summed E-state index contributed by atoms with van der Waals surface area (Å²) in [6, 6.07) is 22.3. The average molecular weight is 397 g/mol. The number of halogens is 1. The van der Waals surface area contributed by atoms with Crippen LogP contribution in [-0.4, -0.2) is 31.3 Å². The van der Waals surface area contributed by atoms with E-state index in [2.05, 4.69) is 0 Å². The van der Waals surface area contributed by atoms with Gasteiger partial charge in [0.1, 0.15) is 17.1 Å². The molecule has 0 bridgehead atoms. The highest BCUT2D eigenvalue weighted by molar-refractivity contribution is 7.78. The number of hydrogen-bond acceptors (Lipinski definition) is 3. The molecule has 0 aliphatic rings. The number of ether oxygens (including phenoxy) is 1. The van der Waals surface area contributed by atoms with E-state index < -0.39 is 18.9 Å². The van der Waals surface area contributed by atoms with Gasteiger partial charge in [0.25, 0.3) is 5.91 Å². The Morgan fingerprint density at radius 3 is 1.96 bits per heavy atom. The molecule has 0 fully saturated rings. The molecule has 3 aromatic rings. The van der Waals surface area contributed by atoms with Gasteiger partial charge in [0.05, 0.1) is 13.4 Å². The number of carbonyl (C=O) groups is 1. The second-order valence-electron chi connectivity index (χ2n) is 6.37. The van der Waals surface area contributed by atoms with Gasteiger partial charge in [-0.25, -0.2) is 4.39 Å². The van der Waals surface area contributed by atoms with Gasteiger partial charge in [-0.15, -0.1) is 0 Å². The summed E-state index contributed by atoms with van der Waals surface area (Å²) in [5.74, 6) is -1.11. The fourth-order valence-electron chi connectivity index (χ4n) is 3.09. The third kappa shape index (κ3) is 3.85. The summed E-state index contributed by atoms with van der Waals surface area (Å²) in [5.41, 5.74) is -0.167. The molecule has 4 nitrogen and oxygen atoms in total. The first kappa shape index (κ1) is 19.8. The minimum Gasteiger partial charge on any atom is -0.496 e. The van der Waals surface area contributed by atoms with E-state index >= 15 is 0 Å². The average Bonchev–Trinajstić information content (AvgIpc) is 2.74. The molecular formula is C22H21FNO3P. The number of amides is 1. The maximum absolute atomic E-state index is 14.3. The van der Waals surface area contributed by atoms with Crippen LogP contribution in [0.2, 0.25) is 0 Å². The van der Waals surface area contributed by atoms with Gasteiger partial charge in [-0.05, 0) is 12.1 Å². The molecule has 0 saturated carbocycles. The van der Waals surface area contributed by atoms with E-state index in [1.54, 1.807) is 24.3 Å². The van der Waals surface area contributed by atoms with Crippen molar-refractivity contribution in [3.05, 3.63) is 90.2 Å². The van der Waals surface area contributed by atoms with Gasteiger partial charge < -0.3 is 14.2 Å². The van der Waals surface area contributed by atoms with E-state index in [-0.39, 0.29) is 17.6 Å². The number of carbonyl (C=O) groups excluding carboxylic acids is 1. The summed E-state index contributed by atoms with van der Waals surface area (Å²) in [7, 11) is -0.251. The van der Waals surface area contributed by atoms with Crippen LogP contribution in [-0.2, 0) is 4.57 Å². The van der Waals surface area contributed by atoms with E-state index in [1.165, 1.54) is 37.3 Å². The van der Waals surface area contributed by atoms with Crippen molar-refractivity contribution in [1.29, 1.82) is 0 Å². The molecular weight excluding hydrogens is 376 g/mol. The largest absolute Gasteiger partial charge is 0.496 e. The van der Waals surface area contributed by atoms with Crippen LogP contribution in [0.1, 0.15) is 10.4 Å². The van der Waals surface area contributed by atoms with Gasteiger partial charge in [0, 0.05) is 17.7 Å². The molecule has 0 aliphatic heterocycles.